The van der Waals surface area contributed by atoms with Gasteiger partial charge in [0, 0.05) is 30.7 Å². The Bertz CT molecular complexity index is 333. The quantitative estimate of drug-likeness (QED) is 0.810. The average molecular weight is 229 g/mol. The van der Waals surface area contributed by atoms with Gasteiger partial charge in [0.05, 0.1) is 0 Å². The average Bonchev–Trinajstić information content (AvgIpc) is 2.22. The van der Waals surface area contributed by atoms with Crippen molar-refractivity contribution in [2.24, 2.45) is 5.41 Å². The van der Waals surface area contributed by atoms with Crippen LogP contribution in [0.5, 0.6) is 0 Å². The molecule has 0 unspecified atom stereocenters. The fourth-order valence-corrected chi connectivity index (χ4v) is 1.28. The lowest BCUT2D eigenvalue weighted by Gasteiger charge is -2.22. The second-order valence-electron chi connectivity index (χ2n) is 4.63. The van der Waals surface area contributed by atoms with E-state index in [4.69, 9.17) is 5.11 Å². The Morgan fingerprint density at radius 2 is 1.81 bits per heavy atom. The maximum Gasteiger partial charge on any atom is 0.130 e. The Morgan fingerprint density at radius 3 is 2.31 bits per heavy atom. The summed E-state index contributed by atoms with van der Waals surface area (Å²) in [7, 11) is 0. The molecule has 0 aliphatic rings. The molecule has 0 atom stereocenters. The van der Waals surface area contributed by atoms with Crippen molar-refractivity contribution >= 4 is 0 Å². The zero-order valence-electron chi connectivity index (χ0n) is 9.56. The summed E-state index contributed by atoms with van der Waals surface area (Å²) in [6.45, 7) is 4.40. The maximum absolute atomic E-state index is 13.2. The first-order chi connectivity index (χ1) is 7.46. The zero-order valence-corrected chi connectivity index (χ0v) is 9.56. The van der Waals surface area contributed by atoms with Crippen LogP contribution in [-0.2, 0) is 6.54 Å². The molecule has 1 rings (SSSR count). The normalized spacial score (nSPS) is 11.8. The van der Waals surface area contributed by atoms with Gasteiger partial charge < -0.3 is 10.4 Å². The Balaban J connectivity index is 2.56. The van der Waals surface area contributed by atoms with Crippen molar-refractivity contribution in [1.82, 2.24) is 5.32 Å². The van der Waals surface area contributed by atoms with Gasteiger partial charge in [0.1, 0.15) is 11.6 Å². The second-order valence-corrected chi connectivity index (χ2v) is 4.63. The summed E-state index contributed by atoms with van der Waals surface area (Å²) in [6.07, 6.45) is 0. The number of benzene rings is 1. The highest BCUT2D eigenvalue weighted by Gasteiger charge is 2.16. The number of rotatable bonds is 5. The smallest absolute Gasteiger partial charge is 0.130 e. The third-order valence-electron chi connectivity index (χ3n) is 2.40. The maximum atomic E-state index is 13.2. The summed E-state index contributed by atoms with van der Waals surface area (Å²) in [4.78, 5) is 0. The number of hydrogen-bond donors (Lipinski definition) is 2. The third kappa shape index (κ3) is 3.54. The molecule has 90 valence electrons. The van der Waals surface area contributed by atoms with E-state index in [9.17, 15) is 8.78 Å². The minimum atomic E-state index is -0.547. The molecule has 0 fully saturated rings. The molecule has 1 aromatic carbocycles. The number of halogens is 2. The third-order valence-corrected chi connectivity index (χ3v) is 2.40. The topological polar surface area (TPSA) is 32.3 Å². The highest BCUT2D eigenvalue weighted by atomic mass is 19.1. The standard InChI is InChI=1S/C12H17F2NO/c1-12(2,8-16)7-15-6-9-10(13)4-3-5-11(9)14/h3-5,15-16H,6-8H2,1-2H3. The zero-order chi connectivity index (χ0) is 12.2. The van der Waals surface area contributed by atoms with Crippen molar-refractivity contribution in [2.75, 3.05) is 13.2 Å². The van der Waals surface area contributed by atoms with Crippen LogP contribution in [-0.4, -0.2) is 18.3 Å². The van der Waals surface area contributed by atoms with Crippen LogP contribution in [0.1, 0.15) is 19.4 Å². The lowest BCUT2D eigenvalue weighted by Crippen LogP contribution is -2.32. The Kier molecular flexibility index (Phi) is 4.38. The first-order valence-corrected chi connectivity index (χ1v) is 5.21. The van der Waals surface area contributed by atoms with Crippen molar-refractivity contribution < 1.29 is 13.9 Å². The molecule has 2 N–H and O–H groups in total. The lowest BCUT2D eigenvalue weighted by atomic mass is 9.95. The summed E-state index contributed by atoms with van der Waals surface area (Å²) in [5, 5.41) is 11.9. The van der Waals surface area contributed by atoms with Crippen molar-refractivity contribution in [2.45, 2.75) is 20.4 Å². The molecule has 0 radical (unpaired) electrons. The molecular formula is C12H17F2NO. The predicted molar refractivity (Wildman–Crippen MR) is 58.9 cm³/mol. The van der Waals surface area contributed by atoms with Crippen molar-refractivity contribution in [1.29, 1.82) is 0 Å². The molecule has 0 aliphatic heterocycles. The molecule has 0 aliphatic carbocycles. The van der Waals surface area contributed by atoms with E-state index in [0.717, 1.165) is 0 Å². The fourth-order valence-electron chi connectivity index (χ4n) is 1.28. The van der Waals surface area contributed by atoms with Gasteiger partial charge in [-0.3, -0.25) is 0 Å². The van der Waals surface area contributed by atoms with E-state index in [1.54, 1.807) is 0 Å². The van der Waals surface area contributed by atoms with Gasteiger partial charge in [-0.15, -0.1) is 0 Å². The lowest BCUT2D eigenvalue weighted by molar-refractivity contribution is 0.156. The van der Waals surface area contributed by atoms with E-state index >= 15 is 0 Å². The minimum Gasteiger partial charge on any atom is -0.396 e. The summed E-state index contributed by atoms with van der Waals surface area (Å²) < 4.78 is 26.4. The minimum absolute atomic E-state index is 0.0275. The predicted octanol–water partition coefficient (Wildman–Crippen LogP) is 2.07. The fraction of sp³-hybridized carbons (Fsp3) is 0.500. The van der Waals surface area contributed by atoms with Gasteiger partial charge in [0.2, 0.25) is 0 Å². The van der Waals surface area contributed by atoms with Crippen LogP contribution in [0.2, 0.25) is 0 Å². The Labute approximate surface area is 94.3 Å². The van der Waals surface area contributed by atoms with Crippen LogP contribution in [0.3, 0.4) is 0 Å². The van der Waals surface area contributed by atoms with Crippen LogP contribution in [0.25, 0.3) is 0 Å². The molecule has 0 amide bonds. The molecule has 1 aromatic rings. The van der Waals surface area contributed by atoms with Crippen LogP contribution >= 0.6 is 0 Å². The molecule has 16 heavy (non-hydrogen) atoms. The van der Waals surface area contributed by atoms with Gasteiger partial charge in [-0.1, -0.05) is 19.9 Å². The van der Waals surface area contributed by atoms with Crippen LogP contribution in [0, 0.1) is 17.0 Å². The molecule has 0 spiro atoms. The van der Waals surface area contributed by atoms with Crippen molar-refractivity contribution in [3.8, 4) is 0 Å². The largest absolute Gasteiger partial charge is 0.396 e. The number of aliphatic hydroxyl groups excluding tert-OH is 1. The SMILES string of the molecule is CC(C)(CO)CNCc1c(F)cccc1F. The number of aliphatic hydroxyl groups is 1. The van der Waals surface area contributed by atoms with Crippen LogP contribution < -0.4 is 5.32 Å². The molecule has 2 nitrogen and oxygen atoms in total. The van der Waals surface area contributed by atoms with E-state index < -0.39 is 11.6 Å². The first kappa shape index (κ1) is 13.1. The van der Waals surface area contributed by atoms with Crippen LogP contribution in [0.4, 0.5) is 8.78 Å². The molecular weight excluding hydrogens is 212 g/mol. The molecule has 0 heterocycles. The molecule has 0 bridgehead atoms. The van der Waals surface area contributed by atoms with E-state index in [1.165, 1.54) is 18.2 Å². The van der Waals surface area contributed by atoms with Gasteiger partial charge in [0.25, 0.3) is 0 Å². The summed E-state index contributed by atoms with van der Waals surface area (Å²) in [5.41, 5.74) is -0.252. The van der Waals surface area contributed by atoms with E-state index in [-0.39, 0.29) is 24.1 Å². The monoisotopic (exact) mass is 229 g/mol. The van der Waals surface area contributed by atoms with E-state index in [0.29, 0.717) is 6.54 Å². The first-order valence-electron chi connectivity index (χ1n) is 5.21. The van der Waals surface area contributed by atoms with Gasteiger partial charge in [0.15, 0.2) is 0 Å². The molecule has 0 aromatic heterocycles. The molecule has 0 saturated carbocycles. The summed E-state index contributed by atoms with van der Waals surface area (Å²) >= 11 is 0. The highest BCUT2D eigenvalue weighted by molar-refractivity contribution is 5.19. The van der Waals surface area contributed by atoms with Crippen molar-refractivity contribution in [3.05, 3.63) is 35.4 Å². The van der Waals surface area contributed by atoms with E-state index in [1.807, 2.05) is 13.8 Å². The van der Waals surface area contributed by atoms with Gasteiger partial charge in [-0.05, 0) is 12.1 Å². The Morgan fingerprint density at radius 1 is 1.25 bits per heavy atom. The van der Waals surface area contributed by atoms with Crippen molar-refractivity contribution in [3.63, 3.8) is 0 Å². The number of nitrogens with one attached hydrogen (secondary N) is 1. The number of hydrogen-bond acceptors (Lipinski definition) is 2. The van der Waals surface area contributed by atoms with Gasteiger partial charge in [-0.25, -0.2) is 8.78 Å². The highest BCUT2D eigenvalue weighted by Crippen LogP contribution is 2.14. The van der Waals surface area contributed by atoms with Crippen LogP contribution in [0.15, 0.2) is 18.2 Å². The van der Waals surface area contributed by atoms with Gasteiger partial charge >= 0.3 is 0 Å². The summed E-state index contributed by atoms with van der Waals surface area (Å²) in [5.74, 6) is -1.09. The summed E-state index contributed by atoms with van der Waals surface area (Å²) in [6, 6.07) is 3.81. The van der Waals surface area contributed by atoms with Gasteiger partial charge in [-0.2, -0.15) is 0 Å². The Hall–Kier alpha value is -1.00. The molecule has 0 saturated heterocycles. The molecule has 4 heteroatoms. The van der Waals surface area contributed by atoms with E-state index in [2.05, 4.69) is 5.32 Å². The second kappa shape index (κ2) is 5.37.